The summed E-state index contributed by atoms with van der Waals surface area (Å²) >= 11 is 0. The molecular formula is C36H39NO3Si. The maximum Gasteiger partial charge on any atom is 0.261 e. The Bertz CT molecular complexity index is 1390. The van der Waals surface area contributed by atoms with Gasteiger partial charge in [-0.2, -0.15) is 0 Å². The van der Waals surface area contributed by atoms with Gasteiger partial charge in [0.1, 0.15) is 6.10 Å². The van der Waals surface area contributed by atoms with Gasteiger partial charge in [-0.1, -0.05) is 142 Å². The summed E-state index contributed by atoms with van der Waals surface area (Å²) in [6, 6.07) is 41.5. The van der Waals surface area contributed by atoms with E-state index in [0.717, 1.165) is 16.8 Å². The number of amides is 1. The van der Waals surface area contributed by atoms with Crippen LogP contribution in [0.25, 0.3) is 0 Å². The number of hydrogen-bond donors (Lipinski definition) is 0. The molecule has 210 valence electrons. The second-order valence-corrected chi connectivity index (χ2v) is 15.9. The highest BCUT2D eigenvalue weighted by Crippen LogP contribution is 2.37. The minimum atomic E-state index is -2.72. The lowest BCUT2D eigenvalue weighted by molar-refractivity contribution is -0.127. The van der Waals surface area contributed by atoms with Crippen LogP contribution in [-0.2, 0) is 27.1 Å². The first-order valence-electron chi connectivity index (χ1n) is 14.3. The van der Waals surface area contributed by atoms with Crippen LogP contribution in [0.15, 0.2) is 133 Å². The minimum Gasteiger partial charge on any atom is -0.404 e. The SMILES string of the molecule is CC(C)(C)[Si](OC/C=C1\[C@@H](OCc2ccccc2)CC(=O)N1Cc1ccccc1)(c1ccccc1)c1ccccc1. The maximum absolute atomic E-state index is 13.3. The molecule has 1 saturated heterocycles. The molecule has 5 heteroatoms. The van der Waals surface area contributed by atoms with E-state index < -0.39 is 8.32 Å². The van der Waals surface area contributed by atoms with Crippen LogP contribution >= 0.6 is 0 Å². The lowest BCUT2D eigenvalue weighted by atomic mass is 10.2. The van der Waals surface area contributed by atoms with Crippen LogP contribution in [0.4, 0.5) is 0 Å². The Balaban J connectivity index is 1.48. The molecule has 1 fully saturated rings. The Hall–Kier alpha value is -3.77. The zero-order valence-electron chi connectivity index (χ0n) is 24.2. The number of carbonyl (C=O) groups excluding carboxylic acids is 1. The summed E-state index contributed by atoms with van der Waals surface area (Å²) in [5.41, 5.74) is 3.06. The van der Waals surface area contributed by atoms with Gasteiger partial charge in [-0.05, 0) is 32.6 Å². The molecule has 5 rings (SSSR count). The molecule has 0 N–H and O–H groups in total. The average Bonchev–Trinajstić information content (AvgIpc) is 3.29. The van der Waals surface area contributed by atoms with Crippen molar-refractivity contribution in [2.75, 3.05) is 6.61 Å². The van der Waals surface area contributed by atoms with E-state index in [9.17, 15) is 4.79 Å². The van der Waals surface area contributed by atoms with Crippen molar-refractivity contribution in [2.24, 2.45) is 0 Å². The zero-order chi connectivity index (χ0) is 28.7. The van der Waals surface area contributed by atoms with E-state index in [1.165, 1.54) is 10.4 Å². The fourth-order valence-corrected chi connectivity index (χ4v) is 10.3. The van der Waals surface area contributed by atoms with Crippen LogP contribution in [0.3, 0.4) is 0 Å². The molecule has 1 heterocycles. The topological polar surface area (TPSA) is 38.8 Å². The van der Waals surface area contributed by atoms with Gasteiger partial charge >= 0.3 is 0 Å². The van der Waals surface area contributed by atoms with Crippen molar-refractivity contribution in [3.05, 3.63) is 144 Å². The van der Waals surface area contributed by atoms with Crippen molar-refractivity contribution in [3.8, 4) is 0 Å². The van der Waals surface area contributed by atoms with Crippen molar-refractivity contribution < 1.29 is 14.0 Å². The molecule has 0 aromatic heterocycles. The number of ether oxygens (including phenoxy) is 1. The third-order valence-electron chi connectivity index (χ3n) is 7.79. The average molecular weight is 562 g/mol. The molecule has 4 nitrogen and oxygen atoms in total. The number of carbonyl (C=O) groups is 1. The van der Waals surface area contributed by atoms with E-state index in [4.69, 9.17) is 9.16 Å². The van der Waals surface area contributed by atoms with E-state index in [2.05, 4.69) is 99.6 Å². The van der Waals surface area contributed by atoms with Gasteiger partial charge in [0.05, 0.1) is 26.2 Å². The molecule has 1 aliphatic heterocycles. The van der Waals surface area contributed by atoms with Gasteiger partial charge in [-0.3, -0.25) is 4.79 Å². The summed E-state index contributed by atoms with van der Waals surface area (Å²) in [4.78, 5) is 15.2. The molecular weight excluding hydrogens is 522 g/mol. The molecule has 1 atom stereocenters. The third kappa shape index (κ3) is 6.43. The number of rotatable bonds is 10. The summed E-state index contributed by atoms with van der Waals surface area (Å²) in [5, 5.41) is 2.34. The lowest BCUT2D eigenvalue weighted by Gasteiger charge is -2.43. The van der Waals surface area contributed by atoms with Gasteiger partial charge in [-0.15, -0.1) is 0 Å². The molecule has 0 unspecified atom stereocenters. The van der Waals surface area contributed by atoms with E-state index in [0.29, 0.717) is 26.2 Å². The summed E-state index contributed by atoms with van der Waals surface area (Å²) in [7, 11) is -2.72. The number of benzene rings is 4. The first-order chi connectivity index (χ1) is 19.9. The molecule has 4 aromatic rings. The molecule has 0 bridgehead atoms. The molecule has 4 aromatic carbocycles. The van der Waals surface area contributed by atoms with Crippen molar-refractivity contribution in [3.63, 3.8) is 0 Å². The minimum absolute atomic E-state index is 0.0728. The van der Waals surface area contributed by atoms with Crippen LogP contribution in [0.1, 0.15) is 38.3 Å². The van der Waals surface area contributed by atoms with E-state index in [1.807, 2.05) is 53.4 Å². The van der Waals surface area contributed by atoms with E-state index in [1.54, 1.807) is 0 Å². The summed E-state index contributed by atoms with van der Waals surface area (Å²) in [6.45, 7) is 8.17. The van der Waals surface area contributed by atoms with Gasteiger partial charge < -0.3 is 14.1 Å². The van der Waals surface area contributed by atoms with Gasteiger partial charge in [0.2, 0.25) is 5.91 Å². The van der Waals surface area contributed by atoms with Gasteiger partial charge in [-0.25, -0.2) is 0 Å². The number of likely N-dealkylation sites (tertiary alicyclic amines) is 1. The molecule has 0 radical (unpaired) electrons. The van der Waals surface area contributed by atoms with Crippen LogP contribution in [-0.4, -0.2) is 31.8 Å². The lowest BCUT2D eigenvalue weighted by Crippen LogP contribution is -2.66. The molecule has 0 aliphatic carbocycles. The first-order valence-corrected chi connectivity index (χ1v) is 16.2. The smallest absolute Gasteiger partial charge is 0.261 e. The fourth-order valence-electron chi connectivity index (χ4n) is 5.81. The van der Waals surface area contributed by atoms with Crippen LogP contribution in [0.2, 0.25) is 5.04 Å². The summed E-state index contributed by atoms with van der Waals surface area (Å²) in [5.74, 6) is 0.0728. The molecule has 0 saturated carbocycles. The highest BCUT2D eigenvalue weighted by molar-refractivity contribution is 6.99. The van der Waals surface area contributed by atoms with Gasteiger partial charge in [0, 0.05) is 5.70 Å². The van der Waals surface area contributed by atoms with Crippen LogP contribution in [0.5, 0.6) is 0 Å². The third-order valence-corrected chi connectivity index (χ3v) is 12.8. The maximum atomic E-state index is 13.3. The predicted molar refractivity (Wildman–Crippen MR) is 168 cm³/mol. The standard InChI is InChI=1S/C36H39NO3Si/c1-36(2,3)41(31-20-12-6-13-21-31,32-22-14-7-15-23-32)40-25-24-33-34(39-28-30-18-10-5-11-19-30)26-35(38)37(33)27-29-16-8-4-9-17-29/h4-24,34H,25-28H2,1-3H3/b33-24+/t34-/m0/s1. The molecule has 1 aliphatic rings. The van der Waals surface area contributed by atoms with Gasteiger partial charge in [0.25, 0.3) is 8.32 Å². The fraction of sp³-hybridized carbons (Fsp3) is 0.250. The second-order valence-electron chi connectivity index (χ2n) is 11.6. The Labute approximate surface area is 245 Å². The number of hydrogen-bond acceptors (Lipinski definition) is 3. The normalized spacial score (nSPS) is 16.9. The van der Waals surface area contributed by atoms with Crippen molar-refractivity contribution in [1.29, 1.82) is 0 Å². The van der Waals surface area contributed by atoms with Crippen molar-refractivity contribution >= 4 is 24.6 Å². The molecule has 0 spiro atoms. The summed E-state index contributed by atoms with van der Waals surface area (Å²) < 4.78 is 13.5. The first kappa shape index (κ1) is 28.7. The quantitative estimate of drug-likeness (QED) is 0.209. The Morgan fingerprint density at radius 1 is 0.756 bits per heavy atom. The highest BCUT2D eigenvalue weighted by Gasteiger charge is 2.50. The molecule has 41 heavy (non-hydrogen) atoms. The Morgan fingerprint density at radius 2 is 1.24 bits per heavy atom. The second kappa shape index (κ2) is 12.8. The number of nitrogens with zero attached hydrogens (tertiary/aromatic N) is 1. The van der Waals surface area contributed by atoms with E-state index >= 15 is 0 Å². The van der Waals surface area contributed by atoms with Crippen molar-refractivity contribution in [2.45, 2.75) is 51.5 Å². The summed E-state index contributed by atoms with van der Waals surface area (Å²) in [6.07, 6.45) is 2.09. The van der Waals surface area contributed by atoms with Crippen LogP contribution in [0, 0.1) is 0 Å². The highest BCUT2D eigenvalue weighted by atomic mass is 28.4. The van der Waals surface area contributed by atoms with Gasteiger partial charge in [0.15, 0.2) is 0 Å². The largest absolute Gasteiger partial charge is 0.404 e. The molecule has 1 amide bonds. The Morgan fingerprint density at radius 3 is 1.76 bits per heavy atom. The predicted octanol–water partition coefficient (Wildman–Crippen LogP) is 6.46. The monoisotopic (exact) mass is 561 g/mol. The Kier molecular flexibility index (Phi) is 8.98. The van der Waals surface area contributed by atoms with E-state index in [-0.39, 0.29) is 17.0 Å². The zero-order valence-corrected chi connectivity index (χ0v) is 25.2. The van der Waals surface area contributed by atoms with Crippen LogP contribution < -0.4 is 10.4 Å². The van der Waals surface area contributed by atoms with Crippen molar-refractivity contribution in [1.82, 2.24) is 4.90 Å².